The molecule has 0 aliphatic carbocycles. The zero-order chi connectivity index (χ0) is 19.5. The third kappa shape index (κ3) is 5.02. The summed E-state index contributed by atoms with van der Waals surface area (Å²) in [4.78, 5) is 12.2. The standard InChI is InChI=1S/C16H15Cl3N2O4S/c1-9(16(22)20-14-5-3-10(17)7-12(14)18)21-26(23,24)11-4-6-15(25-2)13(19)8-11/h3-9,21H,1-2H3,(H,20,22)/t9-/m1/s1. The Kier molecular flexibility index (Phi) is 6.76. The molecule has 0 aliphatic rings. The Morgan fingerprint density at radius 1 is 1.08 bits per heavy atom. The number of sulfonamides is 1. The highest BCUT2D eigenvalue weighted by Gasteiger charge is 2.23. The molecule has 0 saturated heterocycles. The van der Waals surface area contributed by atoms with Crippen LogP contribution in [0.2, 0.25) is 15.1 Å². The Labute approximate surface area is 166 Å². The second-order valence-electron chi connectivity index (χ2n) is 5.25. The average Bonchev–Trinajstić information content (AvgIpc) is 2.56. The van der Waals surface area contributed by atoms with Crippen LogP contribution in [0.4, 0.5) is 5.69 Å². The zero-order valence-electron chi connectivity index (χ0n) is 13.7. The summed E-state index contributed by atoms with van der Waals surface area (Å²) in [6.45, 7) is 1.40. The van der Waals surface area contributed by atoms with Gasteiger partial charge >= 0.3 is 0 Å². The molecule has 0 saturated carbocycles. The first-order chi connectivity index (χ1) is 12.1. The molecule has 140 valence electrons. The molecule has 0 aromatic heterocycles. The molecule has 0 bridgehead atoms. The van der Waals surface area contributed by atoms with Crippen molar-refractivity contribution in [2.24, 2.45) is 0 Å². The maximum absolute atomic E-state index is 12.4. The number of anilines is 1. The highest BCUT2D eigenvalue weighted by atomic mass is 35.5. The van der Waals surface area contributed by atoms with Crippen molar-refractivity contribution in [3.05, 3.63) is 51.5 Å². The number of methoxy groups -OCH3 is 1. The highest BCUT2D eigenvalue weighted by molar-refractivity contribution is 7.89. The van der Waals surface area contributed by atoms with Gasteiger partial charge in [-0.1, -0.05) is 34.8 Å². The number of rotatable bonds is 6. The second-order valence-corrected chi connectivity index (χ2v) is 8.22. The van der Waals surface area contributed by atoms with Crippen molar-refractivity contribution < 1.29 is 17.9 Å². The van der Waals surface area contributed by atoms with Gasteiger partial charge in [0, 0.05) is 5.02 Å². The van der Waals surface area contributed by atoms with E-state index in [4.69, 9.17) is 39.5 Å². The SMILES string of the molecule is COc1ccc(S(=O)(=O)N[C@H](C)C(=O)Nc2ccc(Cl)cc2Cl)cc1Cl. The van der Waals surface area contributed by atoms with Gasteiger partial charge in [0.05, 0.1) is 33.8 Å². The molecular weight excluding hydrogens is 423 g/mol. The van der Waals surface area contributed by atoms with Gasteiger partial charge in [0.25, 0.3) is 0 Å². The molecule has 1 atom stereocenters. The summed E-state index contributed by atoms with van der Waals surface area (Å²) in [5, 5.41) is 3.33. The molecule has 2 aromatic rings. The van der Waals surface area contributed by atoms with Gasteiger partial charge in [-0.05, 0) is 43.3 Å². The van der Waals surface area contributed by atoms with E-state index in [0.29, 0.717) is 16.5 Å². The highest BCUT2D eigenvalue weighted by Crippen LogP contribution is 2.27. The summed E-state index contributed by atoms with van der Waals surface area (Å²) >= 11 is 17.7. The molecule has 26 heavy (non-hydrogen) atoms. The Hall–Kier alpha value is -1.51. The predicted molar refractivity (Wildman–Crippen MR) is 103 cm³/mol. The van der Waals surface area contributed by atoms with Crippen molar-refractivity contribution in [2.45, 2.75) is 17.9 Å². The van der Waals surface area contributed by atoms with Crippen molar-refractivity contribution >= 4 is 56.4 Å². The smallest absolute Gasteiger partial charge is 0.242 e. The van der Waals surface area contributed by atoms with E-state index in [1.54, 1.807) is 6.07 Å². The second kappa shape index (κ2) is 8.45. The van der Waals surface area contributed by atoms with Crippen molar-refractivity contribution in [2.75, 3.05) is 12.4 Å². The van der Waals surface area contributed by atoms with Crippen molar-refractivity contribution in [1.82, 2.24) is 4.72 Å². The number of carbonyl (C=O) groups is 1. The predicted octanol–water partition coefficient (Wildman–Crippen LogP) is 3.96. The van der Waals surface area contributed by atoms with Crippen LogP contribution in [0.25, 0.3) is 0 Å². The first-order valence-corrected chi connectivity index (χ1v) is 9.87. The topological polar surface area (TPSA) is 84.5 Å². The number of hydrogen-bond donors (Lipinski definition) is 2. The Morgan fingerprint density at radius 2 is 1.77 bits per heavy atom. The number of ether oxygens (including phenoxy) is 1. The van der Waals surface area contributed by atoms with Gasteiger partial charge in [-0.15, -0.1) is 0 Å². The maximum Gasteiger partial charge on any atom is 0.242 e. The molecule has 0 aliphatic heterocycles. The fraction of sp³-hybridized carbons (Fsp3) is 0.188. The first-order valence-electron chi connectivity index (χ1n) is 7.26. The van der Waals surface area contributed by atoms with Crippen molar-refractivity contribution in [3.63, 3.8) is 0 Å². The van der Waals surface area contributed by atoms with Crippen LogP contribution in [0.5, 0.6) is 5.75 Å². The lowest BCUT2D eigenvalue weighted by molar-refractivity contribution is -0.117. The Balaban J connectivity index is 2.13. The summed E-state index contributed by atoms with van der Waals surface area (Å²) in [6.07, 6.45) is 0. The van der Waals surface area contributed by atoms with Crippen LogP contribution in [-0.2, 0) is 14.8 Å². The fourth-order valence-corrected chi connectivity index (χ4v) is 4.01. The molecular formula is C16H15Cl3N2O4S. The van der Waals surface area contributed by atoms with Crippen LogP contribution in [0.1, 0.15) is 6.92 Å². The molecule has 1 amide bonds. The third-order valence-corrected chi connectivity index (χ3v) is 5.73. The van der Waals surface area contributed by atoms with E-state index >= 15 is 0 Å². The van der Waals surface area contributed by atoms with Crippen LogP contribution in [-0.4, -0.2) is 27.5 Å². The fourth-order valence-electron chi connectivity index (χ4n) is 2.00. The summed E-state index contributed by atoms with van der Waals surface area (Å²) in [6, 6.07) is 7.47. The molecule has 10 heteroatoms. The molecule has 2 N–H and O–H groups in total. The number of nitrogens with one attached hydrogen (secondary N) is 2. The minimum Gasteiger partial charge on any atom is -0.495 e. The quantitative estimate of drug-likeness (QED) is 0.716. The van der Waals surface area contributed by atoms with Gasteiger partial charge in [-0.3, -0.25) is 4.79 Å². The molecule has 6 nitrogen and oxygen atoms in total. The summed E-state index contributed by atoms with van der Waals surface area (Å²) in [5.74, 6) is -0.244. The molecule has 0 heterocycles. The minimum absolute atomic E-state index is 0.0903. The summed E-state index contributed by atoms with van der Waals surface area (Å²) in [5.41, 5.74) is 0.319. The monoisotopic (exact) mass is 436 g/mol. The third-order valence-electron chi connectivity index (χ3n) is 3.35. The van der Waals surface area contributed by atoms with Crippen LogP contribution in [0, 0.1) is 0 Å². The zero-order valence-corrected chi connectivity index (χ0v) is 16.8. The summed E-state index contributed by atoms with van der Waals surface area (Å²) < 4.78 is 32.1. The van der Waals surface area contributed by atoms with Crippen LogP contribution >= 0.6 is 34.8 Å². The van der Waals surface area contributed by atoms with E-state index in [1.807, 2.05) is 0 Å². The maximum atomic E-state index is 12.4. The molecule has 0 radical (unpaired) electrons. The molecule has 2 aromatic carbocycles. The largest absolute Gasteiger partial charge is 0.495 e. The van der Waals surface area contributed by atoms with E-state index in [0.717, 1.165) is 0 Å². The van der Waals surface area contributed by atoms with E-state index in [2.05, 4.69) is 10.0 Å². The van der Waals surface area contributed by atoms with Crippen LogP contribution < -0.4 is 14.8 Å². The number of halogens is 3. The van der Waals surface area contributed by atoms with Gasteiger partial charge in [-0.25, -0.2) is 8.42 Å². The number of hydrogen-bond acceptors (Lipinski definition) is 4. The van der Waals surface area contributed by atoms with Gasteiger partial charge < -0.3 is 10.1 Å². The molecule has 0 unspecified atom stereocenters. The van der Waals surface area contributed by atoms with Crippen LogP contribution in [0.15, 0.2) is 41.3 Å². The number of carbonyl (C=O) groups excluding carboxylic acids is 1. The lowest BCUT2D eigenvalue weighted by Crippen LogP contribution is -2.41. The number of benzene rings is 2. The molecule has 2 rings (SSSR count). The normalized spacial score (nSPS) is 12.5. The van der Waals surface area contributed by atoms with Crippen LogP contribution in [0.3, 0.4) is 0 Å². The number of amides is 1. The van der Waals surface area contributed by atoms with E-state index < -0.39 is 22.0 Å². The average molecular weight is 438 g/mol. The minimum atomic E-state index is -3.97. The van der Waals surface area contributed by atoms with Gasteiger partial charge in [0.1, 0.15) is 5.75 Å². The molecule has 0 spiro atoms. The van der Waals surface area contributed by atoms with Crippen molar-refractivity contribution in [1.29, 1.82) is 0 Å². The van der Waals surface area contributed by atoms with Gasteiger partial charge in [0.15, 0.2) is 0 Å². The lowest BCUT2D eigenvalue weighted by atomic mass is 10.3. The first kappa shape index (κ1) is 20.8. The van der Waals surface area contributed by atoms with Gasteiger partial charge in [0.2, 0.25) is 15.9 Å². The lowest BCUT2D eigenvalue weighted by Gasteiger charge is -2.15. The van der Waals surface area contributed by atoms with E-state index in [9.17, 15) is 13.2 Å². The Bertz CT molecular complexity index is 935. The van der Waals surface area contributed by atoms with E-state index in [1.165, 1.54) is 44.4 Å². The summed E-state index contributed by atoms with van der Waals surface area (Å²) in [7, 11) is -2.55. The van der Waals surface area contributed by atoms with Crippen molar-refractivity contribution in [3.8, 4) is 5.75 Å². The Morgan fingerprint density at radius 3 is 2.35 bits per heavy atom. The van der Waals surface area contributed by atoms with Gasteiger partial charge in [-0.2, -0.15) is 4.72 Å². The molecule has 0 fully saturated rings. The van der Waals surface area contributed by atoms with E-state index in [-0.39, 0.29) is 14.9 Å².